The zero-order chi connectivity index (χ0) is 12.1. The Bertz CT molecular complexity index is 365. The number of amides is 1. The van der Waals surface area contributed by atoms with Gasteiger partial charge in [0.05, 0.1) is 0 Å². The van der Waals surface area contributed by atoms with E-state index in [2.05, 4.69) is 15.6 Å². The highest BCUT2D eigenvalue weighted by atomic mass is 16.2. The van der Waals surface area contributed by atoms with E-state index in [1.54, 1.807) is 25.3 Å². The van der Waals surface area contributed by atoms with E-state index in [1.165, 1.54) is 0 Å². The Morgan fingerprint density at radius 1 is 1.44 bits per heavy atom. The van der Waals surface area contributed by atoms with E-state index < -0.39 is 0 Å². The molecule has 1 aromatic rings. The zero-order valence-corrected chi connectivity index (χ0v) is 9.82. The normalized spacial score (nSPS) is 12.2. The van der Waals surface area contributed by atoms with Crippen LogP contribution in [0.1, 0.15) is 20.8 Å². The Morgan fingerprint density at radius 2 is 2.12 bits per heavy atom. The predicted molar refractivity (Wildman–Crippen MR) is 65.0 cm³/mol. The minimum atomic E-state index is -0.336. The molecule has 0 aliphatic carbocycles. The Hall–Kier alpha value is -1.78. The molecule has 0 fully saturated rings. The monoisotopic (exact) mass is 222 g/mol. The van der Waals surface area contributed by atoms with Gasteiger partial charge in [0.25, 0.3) is 0 Å². The fourth-order valence-corrected chi connectivity index (χ4v) is 1.22. The van der Waals surface area contributed by atoms with Crippen LogP contribution in [0.2, 0.25) is 0 Å². The molecule has 0 aliphatic rings. The van der Waals surface area contributed by atoms with Gasteiger partial charge in [-0.1, -0.05) is 0 Å². The third kappa shape index (κ3) is 3.76. The van der Waals surface area contributed by atoms with Gasteiger partial charge in [0, 0.05) is 24.0 Å². The van der Waals surface area contributed by atoms with Gasteiger partial charge in [0.15, 0.2) is 0 Å². The number of hydrogen-bond donors (Lipinski definition) is 3. The lowest BCUT2D eigenvalue weighted by Crippen LogP contribution is -2.41. The average molecular weight is 222 g/mol. The molecule has 5 nitrogen and oxygen atoms in total. The Morgan fingerprint density at radius 3 is 2.69 bits per heavy atom. The summed E-state index contributed by atoms with van der Waals surface area (Å²) in [7, 11) is 0. The van der Waals surface area contributed by atoms with Crippen LogP contribution in [0.3, 0.4) is 0 Å². The first-order valence-electron chi connectivity index (χ1n) is 5.27. The minimum absolute atomic E-state index is 0.0563. The number of aromatic nitrogens is 1. The van der Waals surface area contributed by atoms with Crippen LogP contribution in [-0.4, -0.2) is 23.0 Å². The van der Waals surface area contributed by atoms with Crippen molar-refractivity contribution in [2.75, 3.05) is 11.1 Å². The summed E-state index contributed by atoms with van der Waals surface area (Å²) in [6.45, 7) is 5.62. The number of pyridine rings is 1. The SMILES string of the molecule is CC(C)NC(=O)C(C)Nc1cc(N)ccn1. The summed E-state index contributed by atoms with van der Waals surface area (Å²) in [6.07, 6.45) is 1.60. The molecule has 1 aromatic heterocycles. The molecule has 1 amide bonds. The number of carbonyl (C=O) groups excluding carboxylic acids is 1. The van der Waals surface area contributed by atoms with Gasteiger partial charge in [-0.25, -0.2) is 4.98 Å². The van der Waals surface area contributed by atoms with Gasteiger partial charge < -0.3 is 16.4 Å². The van der Waals surface area contributed by atoms with Crippen molar-refractivity contribution in [3.05, 3.63) is 18.3 Å². The summed E-state index contributed by atoms with van der Waals surface area (Å²) in [5.41, 5.74) is 6.23. The first-order chi connectivity index (χ1) is 7.49. The van der Waals surface area contributed by atoms with E-state index in [4.69, 9.17) is 5.73 Å². The lowest BCUT2D eigenvalue weighted by atomic mass is 10.2. The lowest BCUT2D eigenvalue weighted by Gasteiger charge is -2.16. The molecule has 88 valence electrons. The molecule has 16 heavy (non-hydrogen) atoms. The van der Waals surface area contributed by atoms with Crippen molar-refractivity contribution in [1.82, 2.24) is 10.3 Å². The molecular weight excluding hydrogens is 204 g/mol. The molecule has 1 unspecified atom stereocenters. The van der Waals surface area contributed by atoms with E-state index >= 15 is 0 Å². The zero-order valence-electron chi connectivity index (χ0n) is 9.82. The van der Waals surface area contributed by atoms with Crippen LogP contribution in [0, 0.1) is 0 Å². The fraction of sp³-hybridized carbons (Fsp3) is 0.455. The highest BCUT2D eigenvalue weighted by molar-refractivity contribution is 5.84. The van der Waals surface area contributed by atoms with Gasteiger partial charge in [-0.2, -0.15) is 0 Å². The summed E-state index contributed by atoms with van der Waals surface area (Å²) in [5, 5.41) is 5.80. The molecule has 0 saturated carbocycles. The maximum Gasteiger partial charge on any atom is 0.242 e. The second-order valence-corrected chi connectivity index (χ2v) is 4.00. The van der Waals surface area contributed by atoms with Crippen LogP contribution < -0.4 is 16.4 Å². The van der Waals surface area contributed by atoms with Gasteiger partial charge in [-0.3, -0.25) is 4.79 Å². The van der Waals surface area contributed by atoms with Crippen molar-refractivity contribution in [2.24, 2.45) is 0 Å². The Kier molecular flexibility index (Phi) is 4.10. The number of hydrogen-bond acceptors (Lipinski definition) is 4. The smallest absolute Gasteiger partial charge is 0.242 e. The van der Waals surface area contributed by atoms with Crippen LogP contribution in [0.15, 0.2) is 18.3 Å². The molecular formula is C11H18N4O. The van der Waals surface area contributed by atoms with Gasteiger partial charge in [0.2, 0.25) is 5.91 Å². The van der Waals surface area contributed by atoms with E-state index in [0.29, 0.717) is 11.5 Å². The van der Waals surface area contributed by atoms with Crippen molar-refractivity contribution in [2.45, 2.75) is 32.9 Å². The average Bonchev–Trinajstić information content (AvgIpc) is 2.16. The van der Waals surface area contributed by atoms with Crippen LogP contribution in [0.25, 0.3) is 0 Å². The van der Waals surface area contributed by atoms with E-state index in [0.717, 1.165) is 0 Å². The maximum absolute atomic E-state index is 11.6. The maximum atomic E-state index is 11.6. The van der Waals surface area contributed by atoms with Crippen molar-refractivity contribution < 1.29 is 4.79 Å². The third-order valence-electron chi connectivity index (χ3n) is 1.97. The second-order valence-electron chi connectivity index (χ2n) is 4.00. The highest BCUT2D eigenvalue weighted by Crippen LogP contribution is 2.09. The van der Waals surface area contributed by atoms with Crippen LogP contribution in [-0.2, 0) is 4.79 Å². The molecule has 1 atom stereocenters. The topological polar surface area (TPSA) is 80.0 Å². The molecule has 4 N–H and O–H groups in total. The van der Waals surface area contributed by atoms with Crippen molar-refractivity contribution >= 4 is 17.4 Å². The number of rotatable bonds is 4. The molecule has 0 aromatic carbocycles. The standard InChI is InChI=1S/C11H18N4O/c1-7(2)14-11(16)8(3)15-10-6-9(12)4-5-13-10/h4-8H,1-3H3,(H,14,16)(H3,12,13,15). The summed E-state index contributed by atoms with van der Waals surface area (Å²) < 4.78 is 0. The molecule has 0 aliphatic heterocycles. The number of carbonyl (C=O) groups is 1. The van der Waals surface area contributed by atoms with Crippen LogP contribution >= 0.6 is 0 Å². The summed E-state index contributed by atoms with van der Waals surface area (Å²) >= 11 is 0. The molecule has 5 heteroatoms. The van der Waals surface area contributed by atoms with Gasteiger partial charge in [0.1, 0.15) is 11.9 Å². The number of nitrogen functional groups attached to an aromatic ring is 1. The van der Waals surface area contributed by atoms with Gasteiger partial charge in [-0.15, -0.1) is 0 Å². The molecule has 0 spiro atoms. The lowest BCUT2D eigenvalue weighted by molar-refractivity contribution is -0.122. The minimum Gasteiger partial charge on any atom is -0.399 e. The van der Waals surface area contributed by atoms with E-state index in [1.807, 2.05) is 13.8 Å². The number of nitrogens with one attached hydrogen (secondary N) is 2. The van der Waals surface area contributed by atoms with E-state index in [-0.39, 0.29) is 18.0 Å². The number of nitrogens with two attached hydrogens (primary N) is 1. The largest absolute Gasteiger partial charge is 0.399 e. The highest BCUT2D eigenvalue weighted by Gasteiger charge is 2.13. The van der Waals surface area contributed by atoms with Crippen molar-refractivity contribution in [1.29, 1.82) is 0 Å². The van der Waals surface area contributed by atoms with Crippen molar-refractivity contribution in [3.63, 3.8) is 0 Å². The third-order valence-corrected chi connectivity index (χ3v) is 1.97. The summed E-state index contributed by atoms with van der Waals surface area (Å²) in [4.78, 5) is 15.7. The fourth-order valence-electron chi connectivity index (χ4n) is 1.22. The first kappa shape index (κ1) is 12.3. The summed E-state index contributed by atoms with van der Waals surface area (Å²) in [6, 6.07) is 3.19. The van der Waals surface area contributed by atoms with E-state index in [9.17, 15) is 4.79 Å². The van der Waals surface area contributed by atoms with Gasteiger partial charge >= 0.3 is 0 Å². The van der Waals surface area contributed by atoms with Crippen LogP contribution in [0.5, 0.6) is 0 Å². The number of anilines is 2. The predicted octanol–water partition coefficient (Wildman–Crippen LogP) is 0.989. The van der Waals surface area contributed by atoms with Crippen molar-refractivity contribution in [3.8, 4) is 0 Å². The quantitative estimate of drug-likeness (QED) is 0.709. The molecule has 1 heterocycles. The summed E-state index contributed by atoms with van der Waals surface area (Å²) in [5.74, 6) is 0.547. The molecule has 0 saturated heterocycles. The molecule has 0 bridgehead atoms. The molecule has 1 rings (SSSR count). The van der Waals surface area contributed by atoms with Gasteiger partial charge in [-0.05, 0) is 26.8 Å². The second kappa shape index (κ2) is 5.34. The van der Waals surface area contributed by atoms with Crippen LogP contribution in [0.4, 0.5) is 11.5 Å². The molecule has 0 radical (unpaired) electrons. The first-order valence-corrected chi connectivity index (χ1v) is 5.27. The number of nitrogens with zero attached hydrogens (tertiary/aromatic N) is 1. The Labute approximate surface area is 95.4 Å². The Balaban J connectivity index is 2.57.